The van der Waals surface area contributed by atoms with Crippen molar-refractivity contribution in [3.63, 3.8) is 0 Å². The molecule has 0 atom stereocenters. The van der Waals surface area contributed by atoms with Crippen molar-refractivity contribution in [1.29, 1.82) is 0 Å². The first-order chi connectivity index (χ1) is 18.6. The molecule has 2 aliphatic carbocycles. The van der Waals surface area contributed by atoms with E-state index < -0.39 is 0 Å². The number of rotatable bonds is 7. The Morgan fingerprint density at radius 3 is 2.45 bits per heavy atom. The molecule has 2 amide bonds. The van der Waals surface area contributed by atoms with Gasteiger partial charge in [-0.25, -0.2) is 19.7 Å². The van der Waals surface area contributed by atoms with Crippen molar-refractivity contribution in [2.45, 2.75) is 56.7 Å². The number of anilines is 2. The summed E-state index contributed by atoms with van der Waals surface area (Å²) in [6.07, 6.45) is 9.55. The number of nitrogens with two attached hydrogens (primary N) is 1. The number of amides is 2. The first-order valence-corrected chi connectivity index (χ1v) is 13.2. The summed E-state index contributed by atoms with van der Waals surface area (Å²) in [4.78, 5) is 26.1. The van der Waals surface area contributed by atoms with Gasteiger partial charge in [0.25, 0.3) is 0 Å². The fraction of sp³-hybridized carbons (Fsp3) is 0.310. The van der Waals surface area contributed by atoms with E-state index in [0.29, 0.717) is 23.6 Å². The predicted molar refractivity (Wildman–Crippen MR) is 148 cm³/mol. The van der Waals surface area contributed by atoms with Crippen LogP contribution in [0.5, 0.6) is 11.6 Å². The number of fused-ring (bicyclic) bond motifs is 1. The second kappa shape index (κ2) is 10.6. The smallest absolute Gasteiger partial charge is 0.319 e. The summed E-state index contributed by atoms with van der Waals surface area (Å²) < 4.78 is 6.38. The molecule has 0 aliphatic heterocycles. The van der Waals surface area contributed by atoms with Gasteiger partial charge in [0.15, 0.2) is 0 Å². The van der Waals surface area contributed by atoms with Crippen LogP contribution in [0, 0.1) is 0 Å². The number of carbonyl (C=O) groups excluding carboxylic acids is 1. The third-order valence-electron chi connectivity index (χ3n) is 7.06. The fourth-order valence-corrected chi connectivity index (χ4v) is 4.84. The van der Waals surface area contributed by atoms with Crippen LogP contribution in [-0.2, 0) is 0 Å². The van der Waals surface area contributed by atoms with Crippen molar-refractivity contribution >= 4 is 28.4 Å². The molecule has 9 heteroatoms. The van der Waals surface area contributed by atoms with E-state index in [9.17, 15) is 4.79 Å². The van der Waals surface area contributed by atoms with Crippen molar-refractivity contribution < 1.29 is 9.53 Å². The van der Waals surface area contributed by atoms with Crippen molar-refractivity contribution in [3.05, 3.63) is 67.0 Å². The molecule has 4 aromatic rings. The SMILES string of the molecule is NC1CCC(Nc2nccc(-c3cccnc3Oc3ccc(NC(=O)NC4CC4)c4ccccc34)n2)CC1. The number of aromatic nitrogens is 3. The number of nitrogens with zero attached hydrogens (tertiary/aromatic N) is 3. The molecule has 2 heterocycles. The van der Waals surface area contributed by atoms with E-state index in [4.69, 9.17) is 15.5 Å². The van der Waals surface area contributed by atoms with Gasteiger partial charge >= 0.3 is 6.03 Å². The standard InChI is InChI=1S/C29H31N7O2/c30-18-7-9-19(10-8-18)33-28-32-17-15-25(35-28)23-6-3-16-31-27(23)38-26-14-13-24(21-4-1-2-5-22(21)26)36-29(37)34-20-11-12-20/h1-6,13-20H,7-12,30H2,(H,32,33,35)(H2,34,36,37). The maximum atomic E-state index is 12.4. The highest BCUT2D eigenvalue weighted by molar-refractivity contribution is 6.04. The van der Waals surface area contributed by atoms with Gasteiger partial charge in [-0.05, 0) is 68.9 Å². The molecular weight excluding hydrogens is 478 g/mol. The Balaban J connectivity index is 1.25. The molecular formula is C29H31N7O2. The number of carbonyl (C=O) groups is 1. The van der Waals surface area contributed by atoms with Crippen molar-refractivity contribution in [3.8, 4) is 22.9 Å². The van der Waals surface area contributed by atoms with Gasteiger partial charge in [-0.2, -0.15) is 0 Å². The number of nitrogens with one attached hydrogen (secondary N) is 3. The summed E-state index contributed by atoms with van der Waals surface area (Å²) in [6, 6.07) is 17.9. The average molecular weight is 510 g/mol. The Morgan fingerprint density at radius 2 is 1.63 bits per heavy atom. The van der Waals surface area contributed by atoms with E-state index in [2.05, 4.69) is 25.9 Å². The molecule has 6 rings (SSSR count). The summed E-state index contributed by atoms with van der Waals surface area (Å²) in [7, 11) is 0. The molecule has 0 radical (unpaired) electrons. The highest BCUT2D eigenvalue weighted by Crippen LogP contribution is 2.37. The molecule has 2 aromatic heterocycles. The van der Waals surface area contributed by atoms with Crippen LogP contribution in [0.15, 0.2) is 67.0 Å². The van der Waals surface area contributed by atoms with Crippen molar-refractivity contribution in [1.82, 2.24) is 20.3 Å². The van der Waals surface area contributed by atoms with Gasteiger partial charge in [-0.3, -0.25) is 0 Å². The van der Waals surface area contributed by atoms with Crippen LogP contribution in [0.25, 0.3) is 22.0 Å². The number of hydrogen-bond acceptors (Lipinski definition) is 7. The second-order valence-corrected chi connectivity index (χ2v) is 10.0. The zero-order chi connectivity index (χ0) is 25.9. The lowest BCUT2D eigenvalue weighted by molar-refractivity contribution is 0.251. The fourth-order valence-electron chi connectivity index (χ4n) is 4.84. The third-order valence-corrected chi connectivity index (χ3v) is 7.06. The molecule has 194 valence electrons. The zero-order valence-electron chi connectivity index (χ0n) is 21.1. The topological polar surface area (TPSA) is 127 Å². The number of ether oxygens (including phenoxy) is 1. The Kier molecular flexibility index (Phi) is 6.75. The van der Waals surface area contributed by atoms with Crippen LogP contribution >= 0.6 is 0 Å². The Morgan fingerprint density at radius 1 is 0.842 bits per heavy atom. The van der Waals surface area contributed by atoms with Gasteiger partial charge < -0.3 is 26.4 Å². The lowest BCUT2D eigenvalue weighted by Gasteiger charge is -2.26. The maximum absolute atomic E-state index is 12.4. The average Bonchev–Trinajstić information content (AvgIpc) is 3.76. The second-order valence-electron chi connectivity index (χ2n) is 10.0. The van der Waals surface area contributed by atoms with E-state index in [1.807, 2.05) is 54.6 Å². The van der Waals surface area contributed by atoms with Gasteiger partial charge in [0.05, 0.1) is 16.9 Å². The van der Waals surface area contributed by atoms with E-state index >= 15 is 0 Å². The zero-order valence-corrected chi connectivity index (χ0v) is 21.1. The first-order valence-electron chi connectivity index (χ1n) is 13.2. The summed E-state index contributed by atoms with van der Waals surface area (Å²) in [5.74, 6) is 1.67. The van der Waals surface area contributed by atoms with Gasteiger partial charge in [0.2, 0.25) is 11.8 Å². The highest BCUT2D eigenvalue weighted by atomic mass is 16.5. The van der Waals surface area contributed by atoms with Crippen molar-refractivity contribution in [2.75, 3.05) is 10.6 Å². The molecule has 2 aromatic carbocycles. The van der Waals surface area contributed by atoms with Gasteiger partial charge in [-0.15, -0.1) is 0 Å². The maximum Gasteiger partial charge on any atom is 0.319 e. The first kappa shape index (κ1) is 24.1. The van der Waals surface area contributed by atoms with E-state index in [1.54, 1.807) is 12.4 Å². The summed E-state index contributed by atoms with van der Waals surface area (Å²) in [5, 5.41) is 11.2. The van der Waals surface area contributed by atoms with Crippen LogP contribution in [0.2, 0.25) is 0 Å². The Labute approximate surface area is 221 Å². The van der Waals surface area contributed by atoms with Crippen molar-refractivity contribution in [2.24, 2.45) is 5.73 Å². The van der Waals surface area contributed by atoms with Crippen LogP contribution in [0.3, 0.4) is 0 Å². The van der Waals surface area contributed by atoms with Gasteiger partial charge in [-0.1, -0.05) is 24.3 Å². The summed E-state index contributed by atoms with van der Waals surface area (Å²) in [6.45, 7) is 0. The molecule has 38 heavy (non-hydrogen) atoms. The van der Waals surface area contributed by atoms with E-state index in [1.165, 1.54) is 0 Å². The minimum atomic E-state index is -0.192. The molecule has 2 fully saturated rings. The Bertz CT molecular complexity index is 1450. The van der Waals surface area contributed by atoms with E-state index in [-0.39, 0.29) is 18.1 Å². The highest BCUT2D eigenvalue weighted by Gasteiger charge is 2.24. The van der Waals surface area contributed by atoms with Gasteiger partial charge in [0.1, 0.15) is 5.75 Å². The molecule has 9 nitrogen and oxygen atoms in total. The minimum absolute atomic E-state index is 0.192. The van der Waals surface area contributed by atoms with Gasteiger partial charge in [0, 0.05) is 41.3 Å². The monoisotopic (exact) mass is 509 g/mol. The van der Waals surface area contributed by atoms with Crippen LogP contribution in [0.1, 0.15) is 38.5 Å². The molecule has 0 spiro atoms. The molecule has 5 N–H and O–H groups in total. The van der Waals surface area contributed by atoms with Crippen LogP contribution < -0.4 is 26.4 Å². The number of pyridine rings is 1. The number of urea groups is 1. The number of benzene rings is 2. The molecule has 0 saturated heterocycles. The lowest BCUT2D eigenvalue weighted by Crippen LogP contribution is -2.33. The molecule has 0 unspecified atom stereocenters. The van der Waals surface area contributed by atoms with Crippen LogP contribution in [0.4, 0.5) is 16.4 Å². The Hall–Kier alpha value is -4.24. The third kappa shape index (κ3) is 5.52. The molecule has 0 bridgehead atoms. The largest absolute Gasteiger partial charge is 0.438 e. The van der Waals surface area contributed by atoms with Crippen LogP contribution in [-0.4, -0.2) is 39.1 Å². The quantitative estimate of drug-likeness (QED) is 0.261. The molecule has 2 saturated carbocycles. The lowest BCUT2D eigenvalue weighted by atomic mass is 9.92. The normalized spacial score (nSPS) is 19.1. The summed E-state index contributed by atoms with van der Waals surface area (Å²) >= 11 is 0. The molecule has 2 aliphatic rings. The number of hydrogen-bond donors (Lipinski definition) is 4. The minimum Gasteiger partial charge on any atom is -0.438 e. The van der Waals surface area contributed by atoms with E-state index in [0.717, 1.165) is 66.2 Å². The summed E-state index contributed by atoms with van der Waals surface area (Å²) in [5.41, 5.74) is 8.26. The predicted octanol–water partition coefficient (Wildman–Crippen LogP) is 5.45.